The Labute approximate surface area is 328 Å². The minimum atomic E-state index is 0.0955. The van der Waals surface area contributed by atoms with E-state index in [0.717, 1.165) is 61.2 Å². The molecule has 6 aromatic carbocycles. The third kappa shape index (κ3) is 13.0. The number of aryl methyl sites for hydroxylation is 4. The molecule has 0 amide bonds. The van der Waals surface area contributed by atoms with Gasteiger partial charge in [-0.1, -0.05) is 172 Å². The first kappa shape index (κ1) is 40.5. The lowest BCUT2D eigenvalue weighted by atomic mass is 9.99. The second-order valence-electron chi connectivity index (χ2n) is 14.0. The van der Waals surface area contributed by atoms with Crippen LogP contribution in [0.3, 0.4) is 0 Å². The highest BCUT2D eigenvalue weighted by Crippen LogP contribution is 2.23. The largest absolute Gasteiger partial charge is 0.381 e. The first-order chi connectivity index (χ1) is 26.8. The van der Waals surface area contributed by atoms with E-state index in [1.807, 2.05) is 36.4 Å². The van der Waals surface area contributed by atoms with Crippen LogP contribution in [0.25, 0.3) is 34.4 Å². The molecule has 0 aromatic heterocycles. The smallest absolute Gasteiger partial charge is 0.159 e. The normalized spacial score (nSPS) is 12.0. The Kier molecular flexibility index (Phi) is 15.7. The molecule has 0 aliphatic carbocycles. The Morgan fingerprint density at radius 1 is 0.436 bits per heavy atom. The van der Waals surface area contributed by atoms with E-state index >= 15 is 0 Å². The first-order valence-electron chi connectivity index (χ1n) is 19.7. The van der Waals surface area contributed by atoms with Crippen LogP contribution >= 0.6 is 0 Å². The summed E-state index contributed by atoms with van der Waals surface area (Å²) in [5, 5.41) is 0. The third-order valence-electron chi connectivity index (χ3n) is 9.93. The lowest BCUT2D eigenvalue weighted by Gasteiger charge is -2.06. The summed E-state index contributed by atoms with van der Waals surface area (Å²) in [5.41, 5.74) is 14.1. The summed E-state index contributed by atoms with van der Waals surface area (Å²) < 4.78 is 4.94. The van der Waals surface area contributed by atoms with Gasteiger partial charge in [-0.3, -0.25) is 9.59 Å². The van der Waals surface area contributed by atoms with E-state index < -0.39 is 0 Å². The Hall–Kier alpha value is -5.64. The molecule has 55 heavy (non-hydrogen) atoms. The zero-order valence-corrected chi connectivity index (χ0v) is 32.9. The summed E-state index contributed by atoms with van der Waals surface area (Å²) in [6.07, 6.45) is 10.9. The van der Waals surface area contributed by atoms with Gasteiger partial charge in [0.05, 0.1) is 0 Å². The quantitative estimate of drug-likeness (QED) is 0.0986. The fourth-order valence-corrected chi connectivity index (χ4v) is 6.24. The van der Waals surface area contributed by atoms with Crippen LogP contribution in [-0.4, -0.2) is 24.8 Å². The van der Waals surface area contributed by atoms with Crippen LogP contribution in [0, 0.1) is 0 Å². The SMILES string of the molecule is C1CCOC1.CCc1ccc(-c2ccc(/C=C/c3ccc(C(C)=O)cc3)cc2)cc1.CCc1ccc(-c2ccc(CCc3ccc(C(C)=O)cc3)cc2)cc1. The molecule has 1 saturated heterocycles. The molecular formula is C52H54O3. The van der Waals surface area contributed by atoms with Gasteiger partial charge in [0.25, 0.3) is 0 Å². The van der Waals surface area contributed by atoms with Gasteiger partial charge in [-0.25, -0.2) is 0 Å². The van der Waals surface area contributed by atoms with Gasteiger partial charge in [0.1, 0.15) is 0 Å². The lowest BCUT2D eigenvalue weighted by Crippen LogP contribution is -1.94. The molecule has 0 spiro atoms. The maximum Gasteiger partial charge on any atom is 0.159 e. The van der Waals surface area contributed by atoms with Crippen molar-refractivity contribution in [1.82, 2.24) is 0 Å². The predicted molar refractivity (Wildman–Crippen MR) is 232 cm³/mol. The minimum Gasteiger partial charge on any atom is -0.381 e. The summed E-state index contributed by atoms with van der Waals surface area (Å²) in [5.74, 6) is 0.215. The van der Waals surface area contributed by atoms with Crippen molar-refractivity contribution in [2.24, 2.45) is 0 Å². The fraction of sp³-hybridized carbons (Fsp3) is 0.231. The van der Waals surface area contributed by atoms with E-state index in [0.29, 0.717) is 0 Å². The van der Waals surface area contributed by atoms with Gasteiger partial charge in [0.15, 0.2) is 11.6 Å². The van der Waals surface area contributed by atoms with Crippen LogP contribution in [0.2, 0.25) is 0 Å². The molecule has 1 heterocycles. The van der Waals surface area contributed by atoms with Gasteiger partial charge < -0.3 is 4.74 Å². The van der Waals surface area contributed by atoms with Crippen molar-refractivity contribution < 1.29 is 14.3 Å². The van der Waals surface area contributed by atoms with E-state index in [1.54, 1.807) is 13.8 Å². The van der Waals surface area contributed by atoms with Crippen molar-refractivity contribution in [1.29, 1.82) is 0 Å². The molecule has 3 nitrogen and oxygen atoms in total. The topological polar surface area (TPSA) is 43.4 Å². The Balaban J connectivity index is 0.000000187. The molecule has 3 heteroatoms. The summed E-state index contributed by atoms with van der Waals surface area (Å²) in [6, 6.07) is 50.6. The van der Waals surface area contributed by atoms with Crippen molar-refractivity contribution in [3.63, 3.8) is 0 Å². The van der Waals surface area contributed by atoms with Crippen molar-refractivity contribution in [2.75, 3.05) is 13.2 Å². The number of hydrogen-bond acceptors (Lipinski definition) is 3. The lowest BCUT2D eigenvalue weighted by molar-refractivity contribution is 0.100. The zero-order valence-electron chi connectivity index (χ0n) is 32.9. The van der Waals surface area contributed by atoms with Crippen molar-refractivity contribution >= 4 is 23.7 Å². The first-order valence-corrected chi connectivity index (χ1v) is 19.7. The fourth-order valence-electron chi connectivity index (χ4n) is 6.24. The predicted octanol–water partition coefficient (Wildman–Crippen LogP) is 13.0. The third-order valence-corrected chi connectivity index (χ3v) is 9.93. The van der Waals surface area contributed by atoms with Gasteiger partial charge in [-0.2, -0.15) is 0 Å². The monoisotopic (exact) mass is 726 g/mol. The minimum absolute atomic E-state index is 0.0955. The van der Waals surface area contributed by atoms with E-state index in [2.05, 4.69) is 135 Å². The van der Waals surface area contributed by atoms with Crippen LogP contribution in [-0.2, 0) is 30.4 Å². The number of rotatable bonds is 11. The molecular weight excluding hydrogens is 673 g/mol. The van der Waals surface area contributed by atoms with Crippen LogP contribution in [0.4, 0.5) is 0 Å². The average Bonchev–Trinajstić information content (AvgIpc) is 3.84. The molecule has 0 unspecified atom stereocenters. The molecule has 0 bridgehead atoms. The highest BCUT2D eigenvalue weighted by molar-refractivity contribution is 5.94. The maximum atomic E-state index is 11.3. The Morgan fingerprint density at radius 3 is 1.04 bits per heavy atom. The van der Waals surface area contributed by atoms with E-state index in [-0.39, 0.29) is 11.6 Å². The van der Waals surface area contributed by atoms with Gasteiger partial charge in [0.2, 0.25) is 0 Å². The van der Waals surface area contributed by atoms with Crippen molar-refractivity contribution in [3.8, 4) is 22.3 Å². The zero-order chi connectivity index (χ0) is 38.8. The van der Waals surface area contributed by atoms with Crippen LogP contribution in [0.1, 0.15) is 94.6 Å². The van der Waals surface area contributed by atoms with Crippen molar-refractivity contribution in [2.45, 2.75) is 66.2 Å². The number of ketones is 2. The number of carbonyl (C=O) groups is 2. The Morgan fingerprint density at radius 2 is 0.727 bits per heavy atom. The van der Waals surface area contributed by atoms with E-state index in [9.17, 15) is 9.59 Å². The van der Waals surface area contributed by atoms with Crippen LogP contribution in [0.5, 0.6) is 0 Å². The highest BCUT2D eigenvalue weighted by atomic mass is 16.5. The summed E-state index contributed by atoms with van der Waals surface area (Å²) in [7, 11) is 0. The molecule has 1 fully saturated rings. The van der Waals surface area contributed by atoms with Gasteiger partial charge in [0, 0.05) is 24.3 Å². The second kappa shape index (κ2) is 21.3. The maximum absolute atomic E-state index is 11.3. The van der Waals surface area contributed by atoms with Gasteiger partial charge in [-0.05, 0) is 108 Å². The highest BCUT2D eigenvalue weighted by Gasteiger charge is 2.03. The molecule has 1 aliphatic rings. The molecule has 7 rings (SSSR count). The summed E-state index contributed by atoms with van der Waals surface area (Å²) >= 11 is 0. The standard InChI is InChI=1S/C24H24O.C24H22O.C4H8O/c2*1-3-19-6-14-23(15-7-19)24-16-10-21(11-17-24)5-4-20-8-12-22(13-9-20)18(2)25;1-2-4-5-3-1/h6-17H,3-5H2,1-2H3;4-17H,3H2,1-2H3;1-4H2/b;5-4+;. The number of carbonyl (C=O) groups excluding carboxylic acids is 2. The number of benzene rings is 6. The molecule has 6 aromatic rings. The second-order valence-corrected chi connectivity index (χ2v) is 14.0. The van der Waals surface area contributed by atoms with E-state index in [1.165, 1.54) is 57.3 Å². The van der Waals surface area contributed by atoms with Crippen LogP contribution in [0.15, 0.2) is 146 Å². The summed E-state index contributed by atoms with van der Waals surface area (Å²) in [6.45, 7) is 9.54. The van der Waals surface area contributed by atoms with Crippen molar-refractivity contribution in [3.05, 3.63) is 190 Å². The summed E-state index contributed by atoms with van der Waals surface area (Å²) in [4.78, 5) is 22.6. The molecule has 0 radical (unpaired) electrons. The number of ether oxygens (including phenoxy) is 1. The van der Waals surface area contributed by atoms with E-state index in [4.69, 9.17) is 4.74 Å². The molecule has 0 saturated carbocycles. The van der Waals surface area contributed by atoms with Gasteiger partial charge in [-0.15, -0.1) is 0 Å². The number of Topliss-reactive ketones (excluding diaryl/α,β-unsaturated/α-hetero) is 2. The van der Waals surface area contributed by atoms with Gasteiger partial charge >= 0.3 is 0 Å². The molecule has 1 aliphatic heterocycles. The van der Waals surface area contributed by atoms with Crippen LogP contribution < -0.4 is 0 Å². The Bertz CT molecular complexity index is 2070. The number of hydrogen-bond donors (Lipinski definition) is 0. The molecule has 0 atom stereocenters. The molecule has 280 valence electrons. The molecule has 0 N–H and O–H groups in total. The average molecular weight is 727 g/mol.